The molecule has 0 atom stereocenters. The van der Waals surface area contributed by atoms with Crippen LogP contribution in [0.15, 0.2) is 66.1 Å². The summed E-state index contributed by atoms with van der Waals surface area (Å²) in [6.07, 6.45) is 3.36. The van der Waals surface area contributed by atoms with Gasteiger partial charge in [-0.05, 0) is 48.9 Å². The van der Waals surface area contributed by atoms with Gasteiger partial charge < -0.3 is 0 Å². The average Bonchev–Trinajstić information content (AvgIpc) is 3.14. The number of thioether (sulfide) groups is 1. The second kappa shape index (κ2) is 8.31. The van der Waals surface area contributed by atoms with Gasteiger partial charge in [0.15, 0.2) is 11.0 Å². The first-order chi connectivity index (χ1) is 14.0. The van der Waals surface area contributed by atoms with Crippen LogP contribution < -0.4 is 0 Å². The predicted octanol–water partition coefficient (Wildman–Crippen LogP) is 5.86. The maximum Gasteiger partial charge on any atom is 0.196 e. The second-order valence-electron chi connectivity index (χ2n) is 6.30. The topological polar surface area (TPSA) is 43.6 Å². The van der Waals surface area contributed by atoms with Crippen LogP contribution in [0.3, 0.4) is 0 Å². The summed E-state index contributed by atoms with van der Waals surface area (Å²) in [6.45, 7) is 1.95. The van der Waals surface area contributed by atoms with Gasteiger partial charge in [-0.1, -0.05) is 35.5 Å². The normalized spacial score (nSPS) is 11.0. The molecule has 4 aromatic rings. The molecule has 2 aromatic carbocycles. The fourth-order valence-electron chi connectivity index (χ4n) is 2.89. The largest absolute Gasteiger partial charge is 0.270 e. The van der Waals surface area contributed by atoms with Crippen molar-refractivity contribution in [1.82, 2.24) is 19.7 Å². The fraction of sp³-hybridized carbons (Fsp3) is 0.0952. The molecule has 0 amide bonds. The summed E-state index contributed by atoms with van der Waals surface area (Å²) in [5.74, 6) is -0.534. The van der Waals surface area contributed by atoms with Crippen LogP contribution in [-0.2, 0) is 5.75 Å². The van der Waals surface area contributed by atoms with Crippen molar-refractivity contribution in [3.05, 3.63) is 88.7 Å². The van der Waals surface area contributed by atoms with E-state index >= 15 is 0 Å². The number of hydrogen-bond donors (Lipinski definition) is 0. The van der Waals surface area contributed by atoms with Gasteiger partial charge in [-0.3, -0.25) is 9.55 Å². The molecule has 8 heteroatoms. The van der Waals surface area contributed by atoms with Crippen LogP contribution in [-0.4, -0.2) is 19.7 Å². The standard InChI is InChI=1S/C21H15ClF2N4S/c1-13-7-8-15(22)10-19(13)28-20(14-4-3-9-25-11-14)26-27-21(28)29-12-16-17(23)5-2-6-18(16)24/h2-11H,12H2,1H3. The van der Waals surface area contributed by atoms with Crippen molar-refractivity contribution in [1.29, 1.82) is 0 Å². The number of aromatic nitrogens is 4. The first-order valence-corrected chi connectivity index (χ1v) is 10.1. The van der Waals surface area contributed by atoms with E-state index in [1.54, 1.807) is 24.5 Å². The number of aryl methyl sites for hydroxylation is 1. The summed E-state index contributed by atoms with van der Waals surface area (Å²) in [4.78, 5) is 4.15. The molecule has 0 radical (unpaired) electrons. The van der Waals surface area contributed by atoms with Gasteiger partial charge in [-0.15, -0.1) is 10.2 Å². The molecule has 0 aliphatic heterocycles. The SMILES string of the molecule is Cc1ccc(Cl)cc1-n1c(SCc2c(F)cccc2F)nnc1-c1cccnc1. The van der Waals surface area contributed by atoms with E-state index in [0.717, 1.165) is 16.8 Å². The zero-order chi connectivity index (χ0) is 20.4. The van der Waals surface area contributed by atoms with Gasteiger partial charge in [0.1, 0.15) is 11.6 Å². The van der Waals surface area contributed by atoms with Gasteiger partial charge in [-0.2, -0.15) is 0 Å². The highest BCUT2D eigenvalue weighted by atomic mass is 35.5. The Morgan fingerprint density at radius 3 is 2.55 bits per heavy atom. The minimum absolute atomic E-state index is 0.00204. The molecule has 0 aliphatic rings. The van der Waals surface area contributed by atoms with Crippen LogP contribution >= 0.6 is 23.4 Å². The first kappa shape index (κ1) is 19.5. The average molecular weight is 429 g/mol. The van der Waals surface area contributed by atoms with Crippen LogP contribution in [0, 0.1) is 18.6 Å². The van der Waals surface area contributed by atoms with E-state index in [-0.39, 0.29) is 11.3 Å². The van der Waals surface area contributed by atoms with Crippen molar-refractivity contribution in [3.8, 4) is 17.1 Å². The molecule has 0 aliphatic carbocycles. The number of nitrogens with zero attached hydrogens (tertiary/aromatic N) is 4. The van der Waals surface area contributed by atoms with Crippen LogP contribution in [0.5, 0.6) is 0 Å². The van der Waals surface area contributed by atoms with Gasteiger partial charge in [-0.25, -0.2) is 8.78 Å². The molecule has 0 bridgehead atoms. The van der Waals surface area contributed by atoms with Crippen molar-refractivity contribution in [2.45, 2.75) is 17.8 Å². The van der Waals surface area contributed by atoms with E-state index in [1.807, 2.05) is 29.7 Å². The highest BCUT2D eigenvalue weighted by Gasteiger charge is 2.19. The van der Waals surface area contributed by atoms with Crippen LogP contribution in [0.1, 0.15) is 11.1 Å². The minimum Gasteiger partial charge on any atom is -0.270 e. The van der Waals surface area contributed by atoms with Gasteiger partial charge in [0.25, 0.3) is 0 Å². The maximum atomic E-state index is 14.0. The summed E-state index contributed by atoms with van der Waals surface area (Å²) < 4.78 is 29.9. The lowest BCUT2D eigenvalue weighted by atomic mass is 10.2. The van der Waals surface area contributed by atoms with Crippen molar-refractivity contribution < 1.29 is 8.78 Å². The molecule has 0 saturated heterocycles. The molecule has 0 spiro atoms. The summed E-state index contributed by atoms with van der Waals surface area (Å²) >= 11 is 7.43. The van der Waals surface area contributed by atoms with E-state index in [9.17, 15) is 8.78 Å². The van der Waals surface area contributed by atoms with Crippen molar-refractivity contribution >= 4 is 23.4 Å². The lowest BCUT2D eigenvalue weighted by Gasteiger charge is -2.13. The Labute approximate surface area is 175 Å². The zero-order valence-electron chi connectivity index (χ0n) is 15.3. The fourth-order valence-corrected chi connectivity index (χ4v) is 4.02. The van der Waals surface area contributed by atoms with Crippen molar-refractivity contribution in [3.63, 3.8) is 0 Å². The molecule has 29 heavy (non-hydrogen) atoms. The Kier molecular flexibility index (Phi) is 5.60. The Bertz CT molecular complexity index is 1140. The molecule has 4 nitrogen and oxygen atoms in total. The minimum atomic E-state index is -0.588. The molecular formula is C21H15ClF2N4S. The Hall–Kier alpha value is -2.77. The molecule has 2 heterocycles. The molecule has 0 N–H and O–H groups in total. The predicted molar refractivity (Wildman–Crippen MR) is 110 cm³/mol. The molecular weight excluding hydrogens is 414 g/mol. The summed E-state index contributed by atoms with van der Waals surface area (Å²) in [6, 6.07) is 13.0. The summed E-state index contributed by atoms with van der Waals surface area (Å²) in [5.41, 5.74) is 2.51. The lowest BCUT2D eigenvalue weighted by Crippen LogP contribution is -2.03. The van der Waals surface area contributed by atoms with Crippen LogP contribution in [0.2, 0.25) is 5.02 Å². The van der Waals surface area contributed by atoms with E-state index < -0.39 is 11.6 Å². The van der Waals surface area contributed by atoms with E-state index in [1.165, 1.54) is 30.0 Å². The van der Waals surface area contributed by atoms with Gasteiger partial charge in [0, 0.05) is 34.3 Å². The molecule has 0 fully saturated rings. The quantitative estimate of drug-likeness (QED) is 0.373. The first-order valence-electron chi connectivity index (χ1n) is 8.72. The summed E-state index contributed by atoms with van der Waals surface area (Å²) in [7, 11) is 0. The number of hydrogen-bond acceptors (Lipinski definition) is 4. The van der Waals surface area contributed by atoms with E-state index in [2.05, 4.69) is 15.2 Å². The zero-order valence-corrected chi connectivity index (χ0v) is 16.9. The van der Waals surface area contributed by atoms with E-state index in [4.69, 9.17) is 11.6 Å². The Balaban J connectivity index is 1.80. The van der Waals surface area contributed by atoms with E-state index in [0.29, 0.717) is 16.0 Å². The monoisotopic (exact) mass is 428 g/mol. The maximum absolute atomic E-state index is 14.0. The number of benzene rings is 2. The molecule has 4 rings (SSSR count). The number of halogens is 3. The van der Waals surface area contributed by atoms with Gasteiger partial charge in [0.2, 0.25) is 0 Å². The van der Waals surface area contributed by atoms with Gasteiger partial charge >= 0.3 is 0 Å². The summed E-state index contributed by atoms with van der Waals surface area (Å²) in [5, 5.41) is 9.65. The highest BCUT2D eigenvalue weighted by molar-refractivity contribution is 7.98. The molecule has 146 valence electrons. The smallest absolute Gasteiger partial charge is 0.196 e. The highest BCUT2D eigenvalue weighted by Crippen LogP contribution is 2.32. The Morgan fingerprint density at radius 1 is 1.03 bits per heavy atom. The molecule has 0 unspecified atom stereocenters. The van der Waals surface area contributed by atoms with Crippen molar-refractivity contribution in [2.24, 2.45) is 0 Å². The molecule has 2 aromatic heterocycles. The lowest BCUT2D eigenvalue weighted by molar-refractivity contribution is 0.566. The third-order valence-corrected chi connectivity index (χ3v) is 5.56. The number of pyridine rings is 1. The third-order valence-electron chi connectivity index (χ3n) is 4.37. The Morgan fingerprint density at radius 2 is 1.83 bits per heavy atom. The van der Waals surface area contributed by atoms with Crippen LogP contribution in [0.25, 0.3) is 17.1 Å². The van der Waals surface area contributed by atoms with Crippen LogP contribution in [0.4, 0.5) is 8.78 Å². The second-order valence-corrected chi connectivity index (χ2v) is 7.68. The van der Waals surface area contributed by atoms with Crippen molar-refractivity contribution in [2.75, 3.05) is 0 Å². The third kappa shape index (κ3) is 4.02. The molecule has 0 saturated carbocycles. The number of rotatable bonds is 5. The van der Waals surface area contributed by atoms with Gasteiger partial charge in [0.05, 0.1) is 5.69 Å².